The molecule has 0 aromatic heterocycles. The van der Waals surface area contributed by atoms with Gasteiger partial charge in [0.25, 0.3) is 0 Å². The first kappa shape index (κ1) is 21.5. The molecule has 150 valence electrons. The maximum absolute atomic E-state index is 13.1. The van der Waals surface area contributed by atoms with Crippen molar-refractivity contribution in [2.24, 2.45) is 11.8 Å². The minimum Gasteiger partial charge on any atom is -0.348 e. The van der Waals surface area contributed by atoms with Gasteiger partial charge >= 0.3 is 5.97 Å². The second kappa shape index (κ2) is 9.97. The van der Waals surface area contributed by atoms with E-state index < -0.39 is 12.0 Å². The van der Waals surface area contributed by atoms with Crippen LogP contribution < -0.4 is 5.32 Å². The zero-order valence-electron chi connectivity index (χ0n) is 16.2. The molecule has 0 saturated carbocycles. The zero-order valence-corrected chi connectivity index (χ0v) is 16.2. The predicted molar refractivity (Wildman–Crippen MR) is 103 cm³/mol. The molecular weight excluding hydrogens is 364 g/mol. The Morgan fingerprint density at radius 1 is 0.964 bits per heavy atom. The lowest BCUT2D eigenvalue weighted by Gasteiger charge is -2.21. The maximum atomic E-state index is 13.1. The second-order valence-electron chi connectivity index (χ2n) is 7.37. The molecule has 0 aliphatic heterocycles. The van der Waals surface area contributed by atoms with Crippen LogP contribution in [0, 0.1) is 17.7 Å². The van der Waals surface area contributed by atoms with Crippen molar-refractivity contribution in [2.45, 2.75) is 39.7 Å². The van der Waals surface area contributed by atoms with E-state index >= 15 is 0 Å². The van der Waals surface area contributed by atoms with Crippen LogP contribution in [0.5, 0.6) is 0 Å². The molecule has 0 heterocycles. The van der Waals surface area contributed by atoms with E-state index in [1.54, 1.807) is 36.4 Å². The number of benzene rings is 2. The van der Waals surface area contributed by atoms with Gasteiger partial charge in [0.1, 0.15) is 5.82 Å². The molecule has 0 aliphatic rings. The van der Waals surface area contributed by atoms with Gasteiger partial charge in [-0.25, -0.2) is 9.18 Å². The lowest BCUT2D eigenvalue weighted by atomic mass is 9.96. The Morgan fingerprint density at radius 2 is 1.50 bits per heavy atom. The zero-order chi connectivity index (χ0) is 20.7. The van der Waals surface area contributed by atoms with Crippen LogP contribution in [0.1, 0.15) is 45.2 Å². The summed E-state index contributed by atoms with van der Waals surface area (Å²) in [6.07, 6.45) is 0.391. The minimum absolute atomic E-state index is 0.201. The number of amides is 1. The molecule has 2 aromatic rings. The fraction of sp³-hybridized carbons (Fsp3) is 0.364. The molecule has 28 heavy (non-hydrogen) atoms. The highest BCUT2D eigenvalue weighted by molar-refractivity contribution is 5.80. The SMILES string of the molecule is CC(C)CC(C)C(=O)N[C@@H](CC(=O)OF)c1ccc(-c2ccc(F)cc2)cc1. The second-order valence-corrected chi connectivity index (χ2v) is 7.37. The van der Waals surface area contributed by atoms with Gasteiger partial charge in [0.15, 0.2) is 0 Å². The van der Waals surface area contributed by atoms with Gasteiger partial charge in [-0.1, -0.05) is 57.2 Å². The third-order valence-corrected chi connectivity index (χ3v) is 4.54. The Kier molecular flexibility index (Phi) is 7.67. The van der Waals surface area contributed by atoms with Crippen molar-refractivity contribution in [1.82, 2.24) is 5.32 Å². The van der Waals surface area contributed by atoms with Crippen molar-refractivity contribution in [2.75, 3.05) is 0 Å². The Morgan fingerprint density at radius 3 is 2.00 bits per heavy atom. The highest BCUT2D eigenvalue weighted by Gasteiger charge is 2.23. The van der Waals surface area contributed by atoms with Crippen LogP contribution in [0.3, 0.4) is 0 Å². The van der Waals surface area contributed by atoms with Gasteiger partial charge < -0.3 is 5.32 Å². The Bertz CT molecular complexity index is 788. The van der Waals surface area contributed by atoms with Crippen LogP contribution in [-0.4, -0.2) is 11.9 Å². The van der Waals surface area contributed by atoms with Crippen LogP contribution in [0.25, 0.3) is 11.1 Å². The van der Waals surface area contributed by atoms with Gasteiger partial charge in [0.05, 0.1) is 12.5 Å². The lowest BCUT2D eigenvalue weighted by molar-refractivity contribution is -0.184. The van der Waals surface area contributed by atoms with E-state index in [2.05, 4.69) is 10.3 Å². The van der Waals surface area contributed by atoms with E-state index in [0.29, 0.717) is 17.9 Å². The summed E-state index contributed by atoms with van der Waals surface area (Å²) in [6, 6.07) is 12.5. The predicted octanol–water partition coefficient (Wildman–Crippen LogP) is 5.15. The summed E-state index contributed by atoms with van der Waals surface area (Å²) in [6.45, 7) is 5.86. The molecule has 0 aliphatic carbocycles. The molecular formula is C22H25F2NO3. The van der Waals surface area contributed by atoms with Gasteiger partial charge in [-0.3, -0.25) is 9.74 Å². The summed E-state index contributed by atoms with van der Waals surface area (Å²) >= 11 is 0. The molecule has 2 aromatic carbocycles. The van der Waals surface area contributed by atoms with Gasteiger partial charge in [0.2, 0.25) is 5.91 Å². The average Bonchev–Trinajstić information content (AvgIpc) is 2.67. The standard InChI is InChI=1S/C22H25F2NO3/c1-14(2)12-15(3)22(27)25-20(13-21(26)28-24)18-6-4-16(5-7-18)17-8-10-19(23)11-9-17/h4-11,14-15,20H,12-13H2,1-3H3,(H,25,27)/t15?,20-/m0/s1. The van der Waals surface area contributed by atoms with E-state index in [4.69, 9.17) is 0 Å². The van der Waals surface area contributed by atoms with Crippen LogP contribution in [0.2, 0.25) is 0 Å². The summed E-state index contributed by atoms with van der Waals surface area (Å²) in [5.74, 6) is -1.45. The molecule has 4 nitrogen and oxygen atoms in total. The number of hydrogen-bond acceptors (Lipinski definition) is 3. The molecule has 1 N–H and O–H groups in total. The molecule has 0 saturated heterocycles. The molecule has 6 heteroatoms. The first-order valence-electron chi connectivity index (χ1n) is 9.27. The summed E-state index contributed by atoms with van der Waals surface area (Å²) in [4.78, 5) is 27.2. The first-order chi connectivity index (χ1) is 13.3. The van der Waals surface area contributed by atoms with E-state index in [1.165, 1.54) is 12.1 Å². The van der Waals surface area contributed by atoms with Gasteiger partial charge in [-0.15, -0.1) is 0 Å². The van der Waals surface area contributed by atoms with Crippen molar-refractivity contribution < 1.29 is 23.4 Å². The third kappa shape index (κ3) is 6.15. The van der Waals surface area contributed by atoms with Crippen LogP contribution >= 0.6 is 0 Å². The summed E-state index contributed by atoms with van der Waals surface area (Å²) in [7, 11) is 0. The van der Waals surface area contributed by atoms with Crippen molar-refractivity contribution in [1.29, 1.82) is 0 Å². The van der Waals surface area contributed by atoms with E-state index in [-0.39, 0.29) is 24.1 Å². The number of nitrogens with one attached hydrogen (secondary N) is 1. The normalized spacial score (nSPS) is 13.1. The maximum Gasteiger partial charge on any atom is 0.351 e. The van der Waals surface area contributed by atoms with Crippen molar-refractivity contribution >= 4 is 11.9 Å². The molecule has 2 rings (SSSR count). The fourth-order valence-corrected chi connectivity index (χ4v) is 3.13. The van der Waals surface area contributed by atoms with Gasteiger partial charge in [-0.05, 0) is 41.2 Å². The minimum atomic E-state index is -1.05. The Hall–Kier alpha value is -2.76. The smallest absolute Gasteiger partial charge is 0.348 e. The van der Waals surface area contributed by atoms with E-state index in [1.807, 2.05) is 20.8 Å². The quantitative estimate of drug-likeness (QED) is 0.679. The van der Waals surface area contributed by atoms with Crippen molar-refractivity contribution in [3.8, 4) is 11.1 Å². The first-order valence-corrected chi connectivity index (χ1v) is 9.27. The van der Waals surface area contributed by atoms with E-state index in [9.17, 15) is 18.5 Å². The molecule has 0 bridgehead atoms. The molecule has 1 amide bonds. The van der Waals surface area contributed by atoms with E-state index in [0.717, 1.165) is 11.1 Å². The number of carbonyl (C=O) groups is 2. The fourth-order valence-electron chi connectivity index (χ4n) is 3.13. The molecule has 1 unspecified atom stereocenters. The number of rotatable bonds is 8. The molecule has 2 atom stereocenters. The van der Waals surface area contributed by atoms with Crippen molar-refractivity contribution in [3.63, 3.8) is 0 Å². The van der Waals surface area contributed by atoms with Crippen molar-refractivity contribution in [3.05, 3.63) is 59.9 Å². The monoisotopic (exact) mass is 389 g/mol. The topological polar surface area (TPSA) is 55.4 Å². The highest BCUT2D eigenvalue weighted by atomic mass is 19.3. The van der Waals surface area contributed by atoms with Gasteiger partial charge in [0, 0.05) is 10.4 Å². The average molecular weight is 389 g/mol. The third-order valence-electron chi connectivity index (χ3n) is 4.54. The summed E-state index contributed by atoms with van der Waals surface area (Å²) in [5.41, 5.74) is 2.35. The Labute approximate surface area is 163 Å². The Balaban J connectivity index is 2.19. The van der Waals surface area contributed by atoms with Crippen LogP contribution in [-0.2, 0) is 14.5 Å². The lowest BCUT2D eigenvalue weighted by Crippen LogP contribution is -2.34. The van der Waals surface area contributed by atoms with Gasteiger partial charge in [-0.2, -0.15) is 0 Å². The largest absolute Gasteiger partial charge is 0.351 e. The molecule has 0 radical (unpaired) electrons. The number of hydrogen-bond donors (Lipinski definition) is 1. The summed E-state index contributed by atoms with van der Waals surface area (Å²) < 4.78 is 25.3. The summed E-state index contributed by atoms with van der Waals surface area (Å²) in [5, 5.41) is 2.81. The molecule has 0 fully saturated rings. The number of carbonyl (C=O) groups excluding carboxylic acids is 2. The van der Waals surface area contributed by atoms with Crippen LogP contribution in [0.15, 0.2) is 48.5 Å². The van der Waals surface area contributed by atoms with Crippen LogP contribution in [0.4, 0.5) is 8.92 Å². The highest BCUT2D eigenvalue weighted by Crippen LogP contribution is 2.25. The number of halogens is 2. The molecule has 0 spiro atoms.